The van der Waals surface area contributed by atoms with Crippen LogP contribution in [0.1, 0.15) is 35.3 Å². The topological polar surface area (TPSA) is 85.8 Å². The lowest BCUT2D eigenvalue weighted by Crippen LogP contribution is -2.35. The largest absolute Gasteiger partial charge is 0.368 e. The third-order valence-corrected chi connectivity index (χ3v) is 3.99. The van der Waals surface area contributed by atoms with E-state index in [2.05, 4.69) is 15.3 Å². The number of alkyl halides is 1. The molecule has 1 atom stereocenters. The van der Waals surface area contributed by atoms with Gasteiger partial charge in [0.15, 0.2) is 0 Å². The number of hydrogen-bond acceptors (Lipinski definition) is 4. The molecule has 1 unspecified atom stereocenters. The van der Waals surface area contributed by atoms with E-state index < -0.39 is 6.67 Å². The summed E-state index contributed by atoms with van der Waals surface area (Å²) in [6, 6.07) is 3.56. The first-order valence-corrected chi connectivity index (χ1v) is 7.32. The molecule has 0 aromatic carbocycles. The molecule has 0 radical (unpaired) electrons. The number of hydrogen-bond donors (Lipinski definition) is 2. The Morgan fingerprint density at radius 1 is 1.55 bits per heavy atom. The first-order valence-electron chi connectivity index (χ1n) is 7.32. The van der Waals surface area contributed by atoms with E-state index in [1.807, 2.05) is 11.5 Å². The maximum Gasteiger partial charge on any atom is 0.253 e. The zero-order valence-corrected chi connectivity index (χ0v) is 12.3. The third kappa shape index (κ3) is 2.32. The second-order valence-corrected chi connectivity index (χ2v) is 5.26. The number of carbonyl (C=O) groups excluding carboxylic acids is 1. The van der Waals surface area contributed by atoms with E-state index >= 15 is 0 Å². The molecule has 1 amide bonds. The molecule has 0 saturated carbocycles. The van der Waals surface area contributed by atoms with Crippen LogP contribution in [0.15, 0.2) is 18.3 Å². The molecule has 1 aliphatic heterocycles. The molecule has 3 N–H and O–H groups in total. The molecule has 1 aliphatic rings. The van der Waals surface area contributed by atoms with Gasteiger partial charge in [-0.15, -0.1) is 0 Å². The summed E-state index contributed by atoms with van der Waals surface area (Å²) in [6.07, 6.45) is 1.98. The van der Waals surface area contributed by atoms with Gasteiger partial charge in [-0.25, -0.2) is 9.97 Å². The molecule has 0 aliphatic carbocycles. The van der Waals surface area contributed by atoms with Crippen molar-refractivity contribution in [2.75, 3.05) is 19.0 Å². The Hall–Kier alpha value is -2.44. The van der Waals surface area contributed by atoms with Gasteiger partial charge in [-0.05, 0) is 25.5 Å². The zero-order valence-electron chi connectivity index (χ0n) is 12.3. The average molecular weight is 303 g/mol. The van der Waals surface area contributed by atoms with Crippen LogP contribution in [0.25, 0.3) is 11.4 Å². The molecule has 2 aromatic rings. The van der Waals surface area contributed by atoms with Gasteiger partial charge >= 0.3 is 0 Å². The fraction of sp³-hybridized carbons (Fsp3) is 0.400. The molecule has 0 bridgehead atoms. The van der Waals surface area contributed by atoms with Crippen LogP contribution in [0.2, 0.25) is 0 Å². The minimum Gasteiger partial charge on any atom is -0.368 e. The van der Waals surface area contributed by atoms with Crippen LogP contribution in [0, 0.1) is 0 Å². The number of nitrogens with zero attached hydrogens (tertiary/aromatic N) is 3. The summed E-state index contributed by atoms with van der Waals surface area (Å²) in [4.78, 5) is 20.3. The number of anilines is 1. The average Bonchev–Trinajstić information content (AvgIpc) is 2.91. The van der Waals surface area contributed by atoms with Crippen LogP contribution in [0.3, 0.4) is 0 Å². The quantitative estimate of drug-likeness (QED) is 0.900. The van der Waals surface area contributed by atoms with Crippen LogP contribution in [-0.4, -0.2) is 33.7 Å². The predicted molar refractivity (Wildman–Crippen MR) is 81.2 cm³/mol. The van der Waals surface area contributed by atoms with Gasteiger partial charge in [0.2, 0.25) is 5.95 Å². The summed E-state index contributed by atoms with van der Waals surface area (Å²) in [5.74, 6) is 0.0373. The number of nitrogen functional groups attached to an aromatic ring is 1. The fourth-order valence-electron chi connectivity index (χ4n) is 3.03. The second kappa shape index (κ2) is 5.75. The lowest BCUT2D eigenvalue weighted by molar-refractivity contribution is 0.0937. The number of halogens is 1. The van der Waals surface area contributed by atoms with E-state index in [-0.39, 0.29) is 17.8 Å². The SMILES string of the molecule is CCn1c(-c2ccnc(N)n2)cc2c1C(CCF)CNC2=O. The lowest BCUT2D eigenvalue weighted by atomic mass is 9.94. The highest BCUT2D eigenvalue weighted by Gasteiger charge is 2.30. The van der Waals surface area contributed by atoms with Gasteiger partial charge in [0, 0.05) is 30.9 Å². The highest BCUT2D eigenvalue weighted by molar-refractivity contribution is 5.98. The summed E-state index contributed by atoms with van der Waals surface area (Å²) in [6.45, 7) is 2.72. The highest BCUT2D eigenvalue weighted by atomic mass is 19.1. The summed E-state index contributed by atoms with van der Waals surface area (Å²) >= 11 is 0. The van der Waals surface area contributed by atoms with Crippen LogP contribution in [0.4, 0.5) is 10.3 Å². The Bertz CT molecular complexity index is 712. The fourth-order valence-corrected chi connectivity index (χ4v) is 3.03. The number of fused-ring (bicyclic) bond motifs is 1. The molecule has 116 valence electrons. The molecular weight excluding hydrogens is 285 g/mol. The standard InChI is InChI=1S/C15H18FN5O/c1-2-21-12(11-4-6-18-15(17)20-11)7-10-13(21)9(3-5-16)8-19-14(10)22/h4,6-7,9H,2-3,5,8H2,1H3,(H,19,22)(H2,17,18,20). The smallest absolute Gasteiger partial charge is 0.253 e. The van der Waals surface area contributed by atoms with Crippen molar-refractivity contribution < 1.29 is 9.18 Å². The van der Waals surface area contributed by atoms with Gasteiger partial charge in [-0.3, -0.25) is 9.18 Å². The third-order valence-electron chi connectivity index (χ3n) is 3.99. The van der Waals surface area contributed by atoms with Crippen molar-refractivity contribution in [3.05, 3.63) is 29.6 Å². The Balaban J connectivity index is 2.17. The molecule has 3 heterocycles. The first-order chi connectivity index (χ1) is 10.7. The molecule has 7 heteroatoms. The van der Waals surface area contributed by atoms with Gasteiger partial charge < -0.3 is 15.6 Å². The van der Waals surface area contributed by atoms with Crippen molar-refractivity contribution in [3.8, 4) is 11.4 Å². The maximum absolute atomic E-state index is 12.8. The van der Waals surface area contributed by atoms with E-state index in [1.54, 1.807) is 18.3 Å². The molecule has 2 aromatic heterocycles. The van der Waals surface area contributed by atoms with Gasteiger partial charge in [-0.2, -0.15) is 0 Å². The summed E-state index contributed by atoms with van der Waals surface area (Å²) in [7, 11) is 0. The van der Waals surface area contributed by atoms with Crippen molar-refractivity contribution in [1.82, 2.24) is 19.9 Å². The molecule has 3 rings (SSSR count). The van der Waals surface area contributed by atoms with Crippen molar-refractivity contribution in [2.45, 2.75) is 25.8 Å². The molecule has 0 saturated heterocycles. The highest BCUT2D eigenvalue weighted by Crippen LogP contribution is 2.33. The Morgan fingerprint density at radius 2 is 2.36 bits per heavy atom. The Labute approximate surface area is 127 Å². The van der Waals surface area contributed by atoms with Crippen LogP contribution in [-0.2, 0) is 6.54 Å². The van der Waals surface area contributed by atoms with Crippen LogP contribution >= 0.6 is 0 Å². The molecule has 22 heavy (non-hydrogen) atoms. The van der Waals surface area contributed by atoms with E-state index in [0.717, 1.165) is 11.4 Å². The molecular formula is C15H18FN5O. The normalized spacial score (nSPS) is 17.2. The van der Waals surface area contributed by atoms with E-state index in [1.165, 1.54) is 0 Å². The number of rotatable bonds is 4. The van der Waals surface area contributed by atoms with E-state index in [9.17, 15) is 9.18 Å². The summed E-state index contributed by atoms with van der Waals surface area (Å²) in [5.41, 5.74) is 8.60. The van der Waals surface area contributed by atoms with Crippen molar-refractivity contribution >= 4 is 11.9 Å². The van der Waals surface area contributed by atoms with Crippen LogP contribution < -0.4 is 11.1 Å². The number of aromatic nitrogens is 3. The Kier molecular flexibility index (Phi) is 3.79. The van der Waals surface area contributed by atoms with Gasteiger partial charge in [0.25, 0.3) is 5.91 Å². The number of carbonyl (C=O) groups is 1. The minimum absolute atomic E-state index is 0.0226. The first kappa shape index (κ1) is 14.5. The minimum atomic E-state index is -0.412. The van der Waals surface area contributed by atoms with Crippen molar-refractivity contribution in [3.63, 3.8) is 0 Å². The summed E-state index contributed by atoms with van der Waals surface area (Å²) < 4.78 is 14.9. The van der Waals surface area contributed by atoms with Gasteiger partial charge in [0.1, 0.15) is 0 Å². The maximum atomic E-state index is 12.8. The number of amides is 1. The predicted octanol–water partition coefficient (Wildman–Crippen LogP) is 1.73. The van der Waals surface area contributed by atoms with Crippen molar-refractivity contribution in [2.24, 2.45) is 0 Å². The number of nitrogens with one attached hydrogen (secondary N) is 1. The lowest BCUT2D eigenvalue weighted by Gasteiger charge is -2.25. The Morgan fingerprint density at radius 3 is 3.05 bits per heavy atom. The monoisotopic (exact) mass is 303 g/mol. The molecule has 0 fully saturated rings. The van der Waals surface area contributed by atoms with Gasteiger partial charge in [-0.1, -0.05) is 0 Å². The van der Waals surface area contributed by atoms with E-state index in [0.29, 0.717) is 30.8 Å². The molecule has 0 spiro atoms. The summed E-state index contributed by atoms with van der Waals surface area (Å²) in [5, 5.41) is 2.82. The second-order valence-electron chi connectivity index (χ2n) is 5.26. The van der Waals surface area contributed by atoms with Crippen LogP contribution in [0.5, 0.6) is 0 Å². The van der Waals surface area contributed by atoms with E-state index in [4.69, 9.17) is 5.73 Å². The molecule has 6 nitrogen and oxygen atoms in total. The van der Waals surface area contributed by atoms with Gasteiger partial charge in [0.05, 0.1) is 23.6 Å². The van der Waals surface area contributed by atoms with Crippen molar-refractivity contribution in [1.29, 1.82) is 0 Å². The number of nitrogens with two attached hydrogens (primary N) is 1. The zero-order chi connectivity index (χ0) is 15.7.